The summed E-state index contributed by atoms with van der Waals surface area (Å²) in [6.07, 6.45) is 4.63. The fourth-order valence-corrected chi connectivity index (χ4v) is 3.55. The van der Waals surface area contributed by atoms with Crippen LogP contribution in [-0.2, 0) is 17.6 Å². The Labute approximate surface area is 163 Å². The number of ether oxygens (including phenoxy) is 1. The number of amides is 1. The second-order valence-corrected chi connectivity index (χ2v) is 6.92. The van der Waals surface area contributed by atoms with Gasteiger partial charge in [0.2, 0.25) is 5.82 Å². The number of hydrogen-bond acceptors (Lipinski definition) is 5. The minimum atomic E-state index is -0.583. The van der Waals surface area contributed by atoms with E-state index >= 15 is 0 Å². The Kier molecular flexibility index (Phi) is 5.32. The SMILES string of the molecule is CCC(Oc1ccc2c(c1)CCCC2)C(=O)Nc1ccccc1-c1nn[nH]n1. The largest absolute Gasteiger partial charge is 0.481 e. The molecule has 1 aliphatic rings. The quantitative estimate of drug-likeness (QED) is 0.685. The zero-order valence-electron chi connectivity index (χ0n) is 15.8. The lowest BCUT2D eigenvalue weighted by Crippen LogP contribution is -2.32. The first-order chi connectivity index (χ1) is 13.7. The summed E-state index contributed by atoms with van der Waals surface area (Å²) in [4.78, 5) is 12.9. The fourth-order valence-electron chi connectivity index (χ4n) is 3.55. The van der Waals surface area contributed by atoms with Crippen molar-refractivity contribution >= 4 is 11.6 Å². The van der Waals surface area contributed by atoms with E-state index in [0.717, 1.165) is 18.6 Å². The number of nitrogens with one attached hydrogen (secondary N) is 2. The first-order valence-corrected chi connectivity index (χ1v) is 9.66. The van der Waals surface area contributed by atoms with Crippen LogP contribution in [0.1, 0.15) is 37.3 Å². The summed E-state index contributed by atoms with van der Waals surface area (Å²) in [6.45, 7) is 1.94. The van der Waals surface area contributed by atoms with E-state index < -0.39 is 6.10 Å². The molecule has 2 N–H and O–H groups in total. The lowest BCUT2D eigenvalue weighted by atomic mass is 9.92. The minimum absolute atomic E-state index is 0.198. The molecule has 0 aliphatic heterocycles. The van der Waals surface area contributed by atoms with Gasteiger partial charge >= 0.3 is 0 Å². The maximum Gasteiger partial charge on any atom is 0.265 e. The lowest BCUT2D eigenvalue weighted by Gasteiger charge is -2.21. The molecule has 0 spiro atoms. The standard InChI is InChI=1S/C21H23N5O2/c1-2-19(28-16-12-11-14-7-3-4-8-15(14)13-16)21(27)22-18-10-6-5-9-17(18)20-23-25-26-24-20/h5-6,9-13,19H,2-4,7-8H2,1H3,(H,22,27)(H,23,24,25,26). The minimum Gasteiger partial charge on any atom is -0.481 e. The molecule has 1 aromatic heterocycles. The van der Waals surface area contributed by atoms with Crippen LogP contribution in [0.3, 0.4) is 0 Å². The Balaban J connectivity index is 1.50. The summed E-state index contributed by atoms with van der Waals surface area (Å²) in [5, 5.41) is 17.0. The summed E-state index contributed by atoms with van der Waals surface area (Å²) in [6, 6.07) is 13.5. The molecule has 0 bridgehead atoms. The number of aryl methyl sites for hydroxylation is 2. The van der Waals surface area contributed by atoms with Gasteiger partial charge in [0, 0.05) is 5.56 Å². The van der Waals surface area contributed by atoms with Crippen molar-refractivity contribution in [1.29, 1.82) is 0 Å². The molecule has 1 unspecified atom stereocenters. The highest BCUT2D eigenvalue weighted by atomic mass is 16.5. The van der Waals surface area contributed by atoms with Gasteiger partial charge in [0.25, 0.3) is 5.91 Å². The molecular weight excluding hydrogens is 354 g/mol. The van der Waals surface area contributed by atoms with Crippen LogP contribution < -0.4 is 10.1 Å². The Hall–Kier alpha value is -3.22. The van der Waals surface area contributed by atoms with Crippen molar-refractivity contribution in [3.8, 4) is 17.1 Å². The van der Waals surface area contributed by atoms with Gasteiger partial charge in [0.15, 0.2) is 6.10 Å². The highest BCUT2D eigenvalue weighted by molar-refractivity contribution is 5.97. The summed E-state index contributed by atoms with van der Waals surface area (Å²) in [5.74, 6) is 0.977. The molecule has 4 rings (SSSR count). The Bertz CT molecular complexity index is 955. The van der Waals surface area contributed by atoms with Gasteiger partial charge in [-0.25, -0.2) is 0 Å². The van der Waals surface area contributed by atoms with E-state index in [1.807, 2.05) is 37.3 Å². The van der Waals surface area contributed by atoms with E-state index in [4.69, 9.17) is 4.74 Å². The molecule has 3 aromatic rings. The highest BCUT2D eigenvalue weighted by Gasteiger charge is 2.21. The number of anilines is 1. The fraction of sp³-hybridized carbons (Fsp3) is 0.333. The summed E-state index contributed by atoms with van der Waals surface area (Å²) >= 11 is 0. The van der Waals surface area contributed by atoms with Gasteiger partial charge in [-0.05, 0) is 72.7 Å². The second kappa shape index (κ2) is 8.21. The van der Waals surface area contributed by atoms with Gasteiger partial charge in [0.05, 0.1) is 5.69 Å². The summed E-state index contributed by atoms with van der Waals surface area (Å²) in [7, 11) is 0. The Morgan fingerprint density at radius 1 is 1.18 bits per heavy atom. The number of carbonyl (C=O) groups is 1. The van der Waals surface area contributed by atoms with Gasteiger partial charge in [0.1, 0.15) is 5.75 Å². The molecule has 144 valence electrons. The van der Waals surface area contributed by atoms with Crippen molar-refractivity contribution in [2.24, 2.45) is 0 Å². The van der Waals surface area contributed by atoms with E-state index in [-0.39, 0.29) is 5.91 Å². The number of aromatic nitrogens is 4. The smallest absolute Gasteiger partial charge is 0.265 e. The molecule has 2 aromatic carbocycles. The number of rotatable bonds is 6. The number of para-hydroxylation sites is 1. The predicted octanol–water partition coefficient (Wildman–Crippen LogP) is 3.54. The molecule has 1 heterocycles. The normalized spacial score (nSPS) is 14.2. The zero-order chi connectivity index (χ0) is 19.3. The monoisotopic (exact) mass is 377 g/mol. The third-order valence-electron chi connectivity index (χ3n) is 5.03. The molecule has 0 saturated carbocycles. The molecule has 1 aliphatic carbocycles. The third-order valence-corrected chi connectivity index (χ3v) is 5.03. The van der Waals surface area contributed by atoms with Crippen molar-refractivity contribution in [1.82, 2.24) is 20.6 Å². The van der Waals surface area contributed by atoms with Gasteiger partial charge in [-0.15, -0.1) is 10.2 Å². The number of carbonyl (C=O) groups excluding carboxylic acids is 1. The van der Waals surface area contributed by atoms with E-state index in [0.29, 0.717) is 23.5 Å². The van der Waals surface area contributed by atoms with Crippen LogP contribution in [0.2, 0.25) is 0 Å². The van der Waals surface area contributed by atoms with Gasteiger partial charge in [-0.3, -0.25) is 4.79 Å². The molecule has 1 amide bonds. The van der Waals surface area contributed by atoms with Gasteiger partial charge in [-0.2, -0.15) is 5.21 Å². The molecular formula is C21H23N5O2. The van der Waals surface area contributed by atoms with Crippen LogP contribution in [0.4, 0.5) is 5.69 Å². The molecule has 7 nitrogen and oxygen atoms in total. The first kappa shape index (κ1) is 18.2. The molecule has 0 fully saturated rings. The summed E-state index contributed by atoms with van der Waals surface area (Å²) in [5.41, 5.74) is 4.06. The van der Waals surface area contributed by atoms with Crippen LogP contribution in [0.25, 0.3) is 11.4 Å². The number of H-pyrrole nitrogens is 1. The number of tetrazole rings is 1. The van der Waals surface area contributed by atoms with E-state index in [9.17, 15) is 4.79 Å². The number of benzene rings is 2. The summed E-state index contributed by atoms with van der Waals surface area (Å²) < 4.78 is 6.03. The third kappa shape index (κ3) is 3.88. The van der Waals surface area contributed by atoms with E-state index in [1.165, 1.54) is 24.0 Å². The maximum absolute atomic E-state index is 12.9. The topological polar surface area (TPSA) is 92.8 Å². The average molecular weight is 377 g/mol. The van der Waals surface area contributed by atoms with Gasteiger partial charge in [-0.1, -0.05) is 25.1 Å². The van der Waals surface area contributed by atoms with Crippen LogP contribution in [0, 0.1) is 0 Å². The van der Waals surface area contributed by atoms with Crippen molar-refractivity contribution in [3.05, 3.63) is 53.6 Å². The van der Waals surface area contributed by atoms with E-state index in [2.05, 4.69) is 38.1 Å². The number of hydrogen-bond donors (Lipinski definition) is 2. The second-order valence-electron chi connectivity index (χ2n) is 6.92. The number of fused-ring (bicyclic) bond motifs is 1. The molecule has 0 radical (unpaired) electrons. The van der Waals surface area contributed by atoms with Crippen LogP contribution >= 0.6 is 0 Å². The van der Waals surface area contributed by atoms with Crippen LogP contribution in [0.5, 0.6) is 5.75 Å². The molecule has 28 heavy (non-hydrogen) atoms. The van der Waals surface area contributed by atoms with E-state index in [1.54, 1.807) is 0 Å². The lowest BCUT2D eigenvalue weighted by molar-refractivity contribution is -0.122. The Morgan fingerprint density at radius 3 is 2.79 bits per heavy atom. The van der Waals surface area contributed by atoms with Crippen molar-refractivity contribution in [2.45, 2.75) is 45.1 Å². The Morgan fingerprint density at radius 2 is 2.00 bits per heavy atom. The molecule has 1 atom stereocenters. The zero-order valence-corrected chi connectivity index (χ0v) is 15.8. The first-order valence-electron chi connectivity index (χ1n) is 9.66. The molecule has 0 saturated heterocycles. The van der Waals surface area contributed by atoms with Crippen LogP contribution in [0.15, 0.2) is 42.5 Å². The maximum atomic E-state index is 12.9. The van der Waals surface area contributed by atoms with Crippen molar-refractivity contribution < 1.29 is 9.53 Å². The van der Waals surface area contributed by atoms with Crippen molar-refractivity contribution in [3.63, 3.8) is 0 Å². The molecule has 7 heteroatoms. The highest BCUT2D eigenvalue weighted by Crippen LogP contribution is 2.27. The van der Waals surface area contributed by atoms with Gasteiger partial charge < -0.3 is 10.1 Å². The van der Waals surface area contributed by atoms with Crippen molar-refractivity contribution in [2.75, 3.05) is 5.32 Å². The number of aromatic amines is 1. The average Bonchev–Trinajstić information content (AvgIpc) is 3.27. The van der Waals surface area contributed by atoms with Crippen LogP contribution in [-0.4, -0.2) is 32.6 Å². The predicted molar refractivity (Wildman–Crippen MR) is 106 cm³/mol. The number of nitrogens with zero attached hydrogens (tertiary/aromatic N) is 3.